The van der Waals surface area contributed by atoms with Gasteiger partial charge in [-0.05, 0) is 31.0 Å². The van der Waals surface area contributed by atoms with Crippen molar-refractivity contribution in [2.24, 2.45) is 0 Å². The molecule has 1 N–H and O–H groups in total. The Bertz CT molecular complexity index is 268. The molecule has 0 bridgehead atoms. The third-order valence-corrected chi connectivity index (χ3v) is 3.09. The highest BCUT2D eigenvalue weighted by molar-refractivity contribution is 9.10. The van der Waals surface area contributed by atoms with Crippen LogP contribution in [0.4, 0.5) is 0 Å². The second kappa shape index (κ2) is 7.02. The summed E-state index contributed by atoms with van der Waals surface area (Å²) in [6.45, 7) is 5.47. The van der Waals surface area contributed by atoms with E-state index >= 15 is 0 Å². The molecule has 0 aliphatic heterocycles. The zero-order chi connectivity index (χ0) is 11.1. The van der Waals surface area contributed by atoms with E-state index in [-0.39, 0.29) is 0 Å². The summed E-state index contributed by atoms with van der Waals surface area (Å²) in [5.74, 6) is 0. The van der Waals surface area contributed by atoms with Crippen LogP contribution >= 0.6 is 15.9 Å². The summed E-state index contributed by atoms with van der Waals surface area (Å²) in [6.07, 6.45) is 3.87. The van der Waals surface area contributed by atoms with Gasteiger partial charge in [0.15, 0.2) is 0 Å². The molecule has 1 rings (SSSR count). The smallest absolute Gasteiger partial charge is 0.0207 e. The number of hydrogen-bond acceptors (Lipinski definition) is 1. The SMILES string of the molecule is CCCCC(C)NCc1ccc(Br)cc1. The lowest BCUT2D eigenvalue weighted by Crippen LogP contribution is -2.25. The molecule has 1 unspecified atom stereocenters. The van der Waals surface area contributed by atoms with Gasteiger partial charge in [-0.3, -0.25) is 0 Å². The number of benzene rings is 1. The molecule has 2 heteroatoms. The van der Waals surface area contributed by atoms with E-state index in [1.54, 1.807) is 0 Å². The summed E-state index contributed by atoms with van der Waals surface area (Å²) in [7, 11) is 0. The maximum atomic E-state index is 3.54. The summed E-state index contributed by atoms with van der Waals surface area (Å²) in [4.78, 5) is 0. The number of halogens is 1. The molecule has 0 spiro atoms. The van der Waals surface area contributed by atoms with Crippen LogP contribution in [0.3, 0.4) is 0 Å². The van der Waals surface area contributed by atoms with Crippen LogP contribution in [0, 0.1) is 0 Å². The molecule has 0 heterocycles. The molecule has 0 aliphatic carbocycles. The van der Waals surface area contributed by atoms with E-state index in [1.165, 1.54) is 24.8 Å². The summed E-state index contributed by atoms with van der Waals surface area (Å²) in [5.41, 5.74) is 1.35. The van der Waals surface area contributed by atoms with Crippen molar-refractivity contribution < 1.29 is 0 Å². The van der Waals surface area contributed by atoms with Crippen molar-refractivity contribution in [1.29, 1.82) is 0 Å². The first kappa shape index (κ1) is 12.7. The highest BCUT2D eigenvalue weighted by atomic mass is 79.9. The van der Waals surface area contributed by atoms with Gasteiger partial charge in [-0.1, -0.05) is 47.8 Å². The van der Waals surface area contributed by atoms with Gasteiger partial charge in [0.1, 0.15) is 0 Å². The topological polar surface area (TPSA) is 12.0 Å². The fourth-order valence-corrected chi connectivity index (χ4v) is 1.77. The van der Waals surface area contributed by atoms with Gasteiger partial charge in [0.25, 0.3) is 0 Å². The van der Waals surface area contributed by atoms with Crippen LogP contribution in [-0.4, -0.2) is 6.04 Å². The molecular formula is C13H20BrN. The molecule has 1 aromatic rings. The summed E-state index contributed by atoms with van der Waals surface area (Å²) in [6, 6.07) is 9.11. The molecule has 1 aromatic carbocycles. The van der Waals surface area contributed by atoms with Crippen LogP contribution in [-0.2, 0) is 6.54 Å². The first-order chi connectivity index (χ1) is 7.22. The van der Waals surface area contributed by atoms with Crippen LogP contribution in [0.15, 0.2) is 28.7 Å². The first-order valence-corrected chi connectivity index (χ1v) is 6.49. The predicted molar refractivity (Wildman–Crippen MR) is 70.0 cm³/mol. The van der Waals surface area contributed by atoms with Crippen LogP contribution in [0.5, 0.6) is 0 Å². The summed E-state index contributed by atoms with van der Waals surface area (Å²) >= 11 is 3.44. The third kappa shape index (κ3) is 5.33. The number of nitrogens with one attached hydrogen (secondary N) is 1. The van der Waals surface area contributed by atoms with Gasteiger partial charge in [-0.25, -0.2) is 0 Å². The first-order valence-electron chi connectivity index (χ1n) is 5.70. The van der Waals surface area contributed by atoms with Gasteiger partial charge in [-0.2, -0.15) is 0 Å². The molecular weight excluding hydrogens is 250 g/mol. The van der Waals surface area contributed by atoms with E-state index in [1.807, 2.05) is 0 Å². The minimum Gasteiger partial charge on any atom is -0.310 e. The van der Waals surface area contributed by atoms with E-state index in [4.69, 9.17) is 0 Å². The lowest BCUT2D eigenvalue weighted by Gasteiger charge is -2.13. The largest absolute Gasteiger partial charge is 0.310 e. The predicted octanol–water partition coefficient (Wildman–Crippen LogP) is 4.12. The van der Waals surface area contributed by atoms with Crippen molar-refractivity contribution in [3.63, 3.8) is 0 Å². The van der Waals surface area contributed by atoms with Crippen molar-refractivity contribution in [3.8, 4) is 0 Å². The lowest BCUT2D eigenvalue weighted by atomic mass is 10.1. The standard InChI is InChI=1S/C13H20BrN/c1-3-4-5-11(2)15-10-12-6-8-13(14)9-7-12/h6-9,11,15H,3-5,10H2,1-2H3. The molecule has 0 fully saturated rings. The third-order valence-electron chi connectivity index (χ3n) is 2.56. The van der Waals surface area contributed by atoms with Crippen molar-refractivity contribution >= 4 is 15.9 Å². The van der Waals surface area contributed by atoms with E-state index in [9.17, 15) is 0 Å². The Morgan fingerprint density at radius 1 is 1.27 bits per heavy atom. The van der Waals surface area contributed by atoms with Crippen LogP contribution in [0.1, 0.15) is 38.7 Å². The number of hydrogen-bond donors (Lipinski definition) is 1. The number of rotatable bonds is 6. The van der Waals surface area contributed by atoms with Crippen LogP contribution in [0.2, 0.25) is 0 Å². The fourth-order valence-electron chi connectivity index (χ4n) is 1.51. The average Bonchev–Trinajstić information content (AvgIpc) is 2.25. The van der Waals surface area contributed by atoms with Gasteiger partial charge in [0, 0.05) is 17.1 Å². The Labute approximate surface area is 101 Å². The minimum absolute atomic E-state index is 0.619. The summed E-state index contributed by atoms with van der Waals surface area (Å²) in [5, 5.41) is 3.54. The molecule has 84 valence electrons. The van der Waals surface area contributed by atoms with Crippen molar-refractivity contribution in [2.45, 2.75) is 45.7 Å². The van der Waals surface area contributed by atoms with E-state index < -0.39 is 0 Å². The Kier molecular flexibility index (Phi) is 5.96. The second-order valence-electron chi connectivity index (χ2n) is 4.05. The van der Waals surface area contributed by atoms with Gasteiger partial charge < -0.3 is 5.32 Å². The molecule has 0 saturated heterocycles. The second-order valence-corrected chi connectivity index (χ2v) is 4.97. The number of unbranched alkanes of at least 4 members (excludes halogenated alkanes) is 1. The van der Waals surface area contributed by atoms with Crippen LogP contribution < -0.4 is 5.32 Å². The van der Waals surface area contributed by atoms with Crippen molar-refractivity contribution in [1.82, 2.24) is 5.32 Å². The van der Waals surface area contributed by atoms with E-state index in [2.05, 4.69) is 59.4 Å². The lowest BCUT2D eigenvalue weighted by molar-refractivity contribution is 0.495. The Morgan fingerprint density at radius 2 is 1.93 bits per heavy atom. The van der Waals surface area contributed by atoms with Crippen molar-refractivity contribution in [2.75, 3.05) is 0 Å². The molecule has 0 amide bonds. The Hall–Kier alpha value is -0.340. The molecule has 0 aromatic heterocycles. The normalized spacial score (nSPS) is 12.7. The minimum atomic E-state index is 0.619. The molecule has 1 atom stereocenters. The van der Waals surface area contributed by atoms with E-state index in [0.717, 1.165) is 11.0 Å². The molecule has 1 nitrogen and oxygen atoms in total. The maximum Gasteiger partial charge on any atom is 0.0207 e. The molecule has 0 radical (unpaired) electrons. The summed E-state index contributed by atoms with van der Waals surface area (Å²) < 4.78 is 1.14. The fraction of sp³-hybridized carbons (Fsp3) is 0.538. The monoisotopic (exact) mass is 269 g/mol. The van der Waals surface area contributed by atoms with Crippen LogP contribution in [0.25, 0.3) is 0 Å². The van der Waals surface area contributed by atoms with Gasteiger partial charge in [0.2, 0.25) is 0 Å². The maximum absolute atomic E-state index is 3.54. The van der Waals surface area contributed by atoms with E-state index in [0.29, 0.717) is 6.04 Å². The zero-order valence-electron chi connectivity index (χ0n) is 9.59. The molecule has 15 heavy (non-hydrogen) atoms. The zero-order valence-corrected chi connectivity index (χ0v) is 11.2. The van der Waals surface area contributed by atoms with Crippen molar-refractivity contribution in [3.05, 3.63) is 34.3 Å². The quantitative estimate of drug-likeness (QED) is 0.820. The highest BCUT2D eigenvalue weighted by Gasteiger charge is 2.00. The Balaban J connectivity index is 2.27. The van der Waals surface area contributed by atoms with Gasteiger partial charge in [0.05, 0.1) is 0 Å². The van der Waals surface area contributed by atoms with Gasteiger partial charge in [-0.15, -0.1) is 0 Å². The molecule has 0 saturated carbocycles. The Morgan fingerprint density at radius 3 is 2.53 bits per heavy atom. The average molecular weight is 270 g/mol. The molecule has 0 aliphatic rings. The van der Waals surface area contributed by atoms with Gasteiger partial charge >= 0.3 is 0 Å². The highest BCUT2D eigenvalue weighted by Crippen LogP contribution is 2.10.